The number of rotatable bonds is 5. The Hall–Kier alpha value is -1.88. The number of hydrogen-bond acceptors (Lipinski definition) is 3. The largest absolute Gasteiger partial charge is 0.377 e. The molecular weight excluding hydrogens is 256 g/mol. The Bertz CT molecular complexity index is 501. The average molecular weight is 276 g/mol. The van der Waals surface area contributed by atoms with Gasteiger partial charge in [0.1, 0.15) is 5.54 Å². The molecular formula is C15H20N2O3. The van der Waals surface area contributed by atoms with Gasteiger partial charge in [0.05, 0.1) is 19.3 Å². The highest BCUT2D eigenvalue weighted by molar-refractivity contribution is 6.07. The molecule has 1 atom stereocenters. The minimum Gasteiger partial charge on any atom is -0.377 e. The summed E-state index contributed by atoms with van der Waals surface area (Å²) in [4.78, 5) is 25.7. The molecule has 5 nitrogen and oxygen atoms in total. The second kappa shape index (κ2) is 5.63. The molecule has 0 radical (unpaired) electrons. The molecule has 20 heavy (non-hydrogen) atoms. The highest BCUT2D eigenvalue weighted by Gasteiger charge is 2.48. The average Bonchev–Trinajstić information content (AvgIpc) is 2.64. The maximum absolute atomic E-state index is 12.5. The molecule has 1 aliphatic rings. The zero-order valence-electron chi connectivity index (χ0n) is 12.1. The number of carbonyl (C=O) groups is 2. The van der Waals surface area contributed by atoms with Crippen LogP contribution in [0.3, 0.4) is 0 Å². The van der Waals surface area contributed by atoms with Gasteiger partial charge in [-0.05, 0) is 26.3 Å². The van der Waals surface area contributed by atoms with Gasteiger partial charge in [0, 0.05) is 0 Å². The van der Waals surface area contributed by atoms with Crippen molar-refractivity contribution in [3.05, 3.63) is 35.9 Å². The normalized spacial score (nSPS) is 22.5. The molecule has 1 aliphatic heterocycles. The number of hydrogen-bond donors (Lipinski definition) is 1. The highest BCUT2D eigenvalue weighted by atomic mass is 16.5. The van der Waals surface area contributed by atoms with E-state index in [0.29, 0.717) is 6.61 Å². The van der Waals surface area contributed by atoms with Crippen molar-refractivity contribution in [3.63, 3.8) is 0 Å². The van der Waals surface area contributed by atoms with Gasteiger partial charge in [-0.1, -0.05) is 30.3 Å². The molecule has 0 spiro atoms. The Morgan fingerprint density at radius 2 is 1.90 bits per heavy atom. The summed E-state index contributed by atoms with van der Waals surface area (Å²) in [5.41, 5.74) is -0.207. The lowest BCUT2D eigenvalue weighted by molar-refractivity contribution is -0.131. The van der Waals surface area contributed by atoms with Gasteiger partial charge in [-0.2, -0.15) is 0 Å². The van der Waals surface area contributed by atoms with Crippen molar-refractivity contribution in [1.82, 2.24) is 10.2 Å². The van der Waals surface area contributed by atoms with Gasteiger partial charge in [0.2, 0.25) is 0 Å². The maximum Gasteiger partial charge on any atom is 0.325 e. The van der Waals surface area contributed by atoms with Gasteiger partial charge in [0.25, 0.3) is 5.91 Å². The number of benzene rings is 1. The van der Waals surface area contributed by atoms with Crippen LogP contribution >= 0.6 is 0 Å². The second-order valence-electron chi connectivity index (χ2n) is 5.30. The standard InChI is InChI=1S/C15H20N2O3/c1-11(2)20-10-9-17-13(18)15(3,16-14(17)19)12-7-5-4-6-8-12/h4-8,11H,9-10H2,1-3H3,(H,16,19)/t15-/m0/s1. The fraction of sp³-hybridized carbons (Fsp3) is 0.467. The summed E-state index contributed by atoms with van der Waals surface area (Å²) in [5.74, 6) is -0.235. The molecule has 2 rings (SSSR count). The van der Waals surface area contributed by atoms with Crippen LogP contribution in [-0.2, 0) is 15.1 Å². The first-order chi connectivity index (χ1) is 9.45. The molecule has 1 aromatic rings. The van der Waals surface area contributed by atoms with E-state index in [1.165, 1.54) is 4.90 Å². The quantitative estimate of drug-likeness (QED) is 0.835. The molecule has 1 fully saturated rings. The molecule has 108 valence electrons. The smallest absolute Gasteiger partial charge is 0.325 e. The third-order valence-electron chi connectivity index (χ3n) is 3.39. The predicted octanol–water partition coefficient (Wildman–Crippen LogP) is 1.88. The Morgan fingerprint density at radius 3 is 2.50 bits per heavy atom. The maximum atomic E-state index is 12.5. The van der Waals surface area contributed by atoms with E-state index in [1.54, 1.807) is 6.92 Å². The van der Waals surface area contributed by atoms with Crippen LogP contribution in [0.15, 0.2) is 30.3 Å². The summed E-state index contributed by atoms with van der Waals surface area (Å²) >= 11 is 0. The molecule has 1 N–H and O–H groups in total. The first kappa shape index (κ1) is 14.5. The Morgan fingerprint density at radius 1 is 1.25 bits per heavy atom. The minimum absolute atomic E-state index is 0.0799. The number of imide groups is 1. The van der Waals surface area contributed by atoms with Gasteiger partial charge < -0.3 is 10.1 Å². The summed E-state index contributed by atoms with van der Waals surface area (Å²) < 4.78 is 5.40. The van der Waals surface area contributed by atoms with Crippen LogP contribution in [0.25, 0.3) is 0 Å². The molecule has 1 heterocycles. The van der Waals surface area contributed by atoms with Crippen LogP contribution in [0.1, 0.15) is 26.3 Å². The summed E-state index contributed by atoms with van der Waals surface area (Å²) in [6.07, 6.45) is 0.0799. The topological polar surface area (TPSA) is 58.6 Å². The van der Waals surface area contributed by atoms with Crippen LogP contribution in [-0.4, -0.2) is 36.1 Å². The summed E-state index contributed by atoms with van der Waals surface area (Å²) in [7, 11) is 0. The van der Waals surface area contributed by atoms with Crippen LogP contribution in [0, 0.1) is 0 Å². The number of amides is 3. The van der Waals surface area contributed by atoms with E-state index in [9.17, 15) is 9.59 Å². The molecule has 0 aromatic heterocycles. The summed E-state index contributed by atoms with van der Waals surface area (Å²) in [6.45, 7) is 6.18. The van der Waals surface area contributed by atoms with E-state index < -0.39 is 5.54 Å². The molecule has 1 aromatic carbocycles. The van der Waals surface area contributed by atoms with Gasteiger partial charge in [0.15, 0.2) is 0 Å². The van der Waals surface area contributed by atoms with E-state index in [4.69, 9.17) is 4.74 Å². The monoisotopic (exact) mass is 276 g/mol. The molecule has 0 aliphatic carbocycles. The molecule has 0 bridgehead atoms. The first-order valence-corrected chi connectivity index (χ1v) is 6.76. The van der Waals surface area contributed by atoms with Crippen LogP contribution in [0.5, 0.6) is 0 Å². The SMILES string of the molecule is CC(C)OCCN1C(=O)N[C@@](C)(c2ccccc2)C1=O. The molecule has 3 amide bonds. The van der Waals surface area contributed by atoms with Gasteiger partial charge in [-0.25, -0.2) is 4.79 Å². The van der Waals surface area contributed by atoms with Crippen LogP contribution in [0.4, 0.5) is 4.79 Å². The van der Waals surface area contributed by atoms with E-state index in [2.05, 4.69) is 5.32 Å². The number of urea groups is 1. The van der Waals surface area contributed by atoms with Crippen molar-refractivity contribution in [2.24, 2.45) is 0 Å². The molecule has 1 saturated heterocycles. The first-order valence-electron chi connectivity index (χ1n) is 6.76. The van der Waals surface area contributed by atoms with Gasteiger partial charge in [-0.15, -0.1) is 0 Å². The van der Waals surface area contributed by atoms with Crippen LogP contribution in [0.2, 0.25) is 0 Å². The third-order valence-corrected chi connectivity index (χ3v) is 3.39. The van der Waals surface area contributed by atoms with Gasteiger partial charge in [-0.3, -0.25) is 9.69 Å². The zero-order valence-corrected chi connectivity index (χ0v) is 12.1. The fourth-order valence-corrected chi connectivity index (χ4v) is 2.25. The van der Waals surface area contributed by atoms with Crippen molar-refractivity contribution >= 4 is 11.9 Å². The van der Waals surface area contributed by atoms with E-state index >= 15 is 0 Å². The molecule has 0 saturated carbocycles. The molecule has 5 heteroatoms. The zero-order chi connectivity index (χ0) is 14.8. The van der Waals surface area contributed by atoms with Gasteiger partial charge >= 0.3 is 6.03 Å². The minimum atomic E-state index is -0.990. The van der Waals surface area contributed by atoms with Crippen LogP contribution < -0.4 is 5.32 Å². The summed E-state index contributed by atoms with van der Waals surface area (Å²) in [6, 6.07) is 8.89. The lowest BCUT2D eigenvalue weighted by atomic mass is 9.92. The number of ether oxygens (including phenoxy) is 1. The predicted molar refractivity (Wildman–Crippen MR) is 75.1 cm³/mol. The summed E-state index contributed by atoms with van der Waals surface area (Å²) in [5, 5.41) is 2.77. The number of carbonyl (C=O) groups excluding carboxylic acids is 2. The van der Waals surface area contributed by atoms with Crippen molar-refractivity contribution in [2.45, 2.75) is 32.4 Å². The van der Waals surface area contributed by atoms with E-state index in [-0.39, 0.29) is 24.6 Å². The second-order valence-corrected chi connectivity index (χ2v) is 5.30. The van der Waals surface area contributed by atoms with Crippen molar-refractivity contribution in [2.75, 3.05) is 13.2 Å². The van der Waals surface area contributed by atoms with Crippen molar-refractivity contribution in [3.8, 4) is 0 Å². The lowest BCUT2D eigenvalue weighted by Crippen LogP contribution is -2.41. The number of nitrogens with zero attached hydrogens (tertiary/aromatic N) is 1. The van der Waals surface area contributed by atoms with Crippen molar-refractivity contribution in [1.29, 1.82) is 0 Å². The highest BCUT2D eigenvalue weighted by Crippen LogP contribution is 2.28. The fourth-order valence-electron chi connectivity index (χ4n) is 2.25. The van der Waals surface area contributed by atoms with Crippen molar-refractivity contribution < 1.29 is 14.3 Å². The lowest BCUT2D eigenvalue weighted by Gasteiger charge is -2.22. The Kier molecular flexibility index (Phi) is 4.09. The molecule has 0 unspecified atom stereocenters. The van der Waals surface area contributed by atoms with E-state index in [0.717, 1.165) is 5.56 Å². The van der Waals surface area contributed by atoms with E-state index in [1.807, 2.05) is 44.2 Å². The third kappa shape index (κ3) is 2.67. The Balaban J connectivity index is 2.12. The Labute approximate surface area is 118 Å². The number of nitrogens with one attached hydrogen (secondary N) is 1.